The van der Waals surface area contributed by atoms with Crippen LogP contribution in [0.5, 0.6) is 0 Å². The van der Waals surface area contributed by atoms with E-state index in [-0.39, 0.29) is 5.54 Å². The summed E-state index contributed by atoms with van der Waals surface area (Å²) in [4.78, 5) is 0. The van der Waals surface area contributed by atoms with Crippen LogP contribution in [0.2, 0.25) is 0 Å². The third-order valence-corrected chi connectivity index (χ3v) is 3.29. The molecule has 1 aromatic rings. The summed E-state index contributed by atoms with van der Waals surface area (Å²) in [6.45, 7) is 7.35. The molecule has 2 heteroatoms. The molecular weight excluding hydrogens is 230 g/mol. The van der Waals surface area contributed by atoms with Crippen LogP contribution in [-0.2, 0) is 6.42 Å². The molecule has 0 aliphatic rings. The van der Waals surface area contributed by atoms with Crippen molar-refractivity contribution in [1.82, 2.24) is 5.32 Å². The van der Waals surface area contributed by atoms with Gasteiger partial charge >= 0.3 is 0 Å². The third-order valence-electron chi connectivity index (χ3n) is 2.91. The van der Waals surface area contributed by atoms with Crippen molar-refractivity contribution in [3.63, 3.8) is 0 Å². The quantitative estimate of drug-likeness (QED) is 0.802. The fourth-order valence-electron chi connectivity index (χ4n) is 1.61. The zero-order valence-corrected chi connectivity index (χ0v) is 11.7. The predicted molar refractivity (Wildman–Crippen MR) is 76.5 cm³/mol. The van der Waals surface area contributed by atoms with Gasteiger partial charge in [-0.15, -0.1) is 0 Å². The van der Waals surface area contributed by atoms with Crippen LogP contribution in [0.4, 0.5) is 0 Å². The number of aryl methyl sites for hydroxylation is 1. The third kappa shape index (κ3) is 5.90. The Bertz CT molecular complexity index is 354. The second-order valence-electron chi connectivity index (χ2n) is 5.18. The summed E-state index contributed by atoms with van der Waals surface area (Å²) in [7, 11) is 0. The highest BCUT2D eigenvalue weighted by molar-refractivity contribution is 6.25. The molecule has 0 saturated carbocycles. The van der Waals surface area contributed by atoms with Crippen LogP contribution in [0.1, 0.15) is 32.8 Å². The van der Waals surface area contributed by atoms with E-state index in [9.17, 15) is 0 Å². The Kier molecular flexibility index (Phi) is 5.73. The lowest BCUT2D eigenvalue weighted by Gasteiger charge is -2.26. The van der Waals surface area contributed by atoms with E-state index in [2.05, 4.69) is 49.5 Å². The van der Waals surface area contributed by atoms with Crippen LogP contribution < -0.4 is 5.32 Å². The molecule has 1 rings (SSSR count). The second-order valence-corrected chi connectivity index (χ2v) is 5.40. The summed E-state index contributed by atoms with van der Waals surface area (Å²) in [6, 6.07) is 10.6. The van der Waals surface area contributed by atoms with Crippen molar-refractivity contribution < 1.29 is 0 Å². The number of hydrogen-bond acceptors (Lipinski definition) is 1. The molecule has 0 atom stereocenters. The van der Waals surface area contributed by atoms with Gasteiger partial charge in [0.1, 0.15) is 0 Å². The number of halogens is 1. The fraction of sp³-hybridized carbons (Fsp3) is 0.467. The molecule has 0 aromatic heterocycles. The average Bonchev–Trinajstić information content (AvgIpc) is 2.35. The SMILES string of the molecule is C/C(=C/Cl)CNC(C)(C)CCc1ccccc1. The van der Waals surface area contributed by atoms with E-state index in [1.165, 1.54) is 11.1 Å². The van der Waals surface area contributed by atoms with E-state index < -0.39 is 0 Å². The van der Waals surface area contributed by atoms with Crippen molar-refractivity contribution in [2.75, 3.05) is 6.54 Å². The van der Waals surface area contributed by atoms with Crippen molar-refractivity contribution in [3.8, 4) is 0 Å². The molecule has 0 aliphatic heterocycles. The highest BCUT2D eigenvalue weighted by atomic mass is 35.5. The molecule has 0 unspecified atom stereocenters. The van der Waals surface area contributed by atoms with E-state index in [4.69, 9.17) is 11.6 Å². The topological polar surface area (TPSA) is 12.0 Å². The molecule has 17 heavy (non-hydrogen) atoms. The minimum atomic E-state index is 0.136. The Morgan fingerprint density at radius 1 is 1.29 bits per heavy atom. The Morgan fingerprint density at radius 3 is 2.53 bits per heavy atom. The zero-order valence-electron chi connectivity index (χ0n) is 11.0. The van der Waals surface area contributed by atoms with E-state index >= 15 is 0 Å². The van der Waals surface area contributed by atoms with Crippen LogP contribution in [0, 0.1) is 0 Å². The van der Waals surface area contributed by atoms with E-state index in [1.807, 2.05) is 6.92 Å². The molecule has 0 spiro atoms. The number of rotatable bonds is 6. The number of nitrogens with one attached hydrogen (secondary N) is 1. The largest absolute Gasteiger partial charge is 0.308 e. The molecular formula is C15H22ClN. The van der Waals surface area contributed by atoms with Gasteiger partial charge in [0, 0.05) is 17.6 Å². The van der Waals surface area contributed by atoms with Gasteiger partial charge in [0.15, 0.2) is 0 Å². The van der Waals surface area contributed by atoms with E-state index in [0.29, 0.717) is 0 Å². The van der Waals surface area contributed by atoms with Crippen molar-refractivity contribution in [2.45, 2.75) is 39.2 Å². The Labute approximate surface area is 110 Å². The van der Waals surface area contributed by atoms with Crippen molar-refractivity contribution in [3.05, 3.63) is 47.0 Å². The molecule has 1 nitrogen and oxygen atoms in total. The van der Waals surface area contributed by atoms with Crippen LogP contribution in [0.15, 0.2) is 41.4 Å². The summed E-state index contributed by atoms with van der Waals surface area (Å²) >= 11 is 5.65. The molecule has 0 saturated heterocycles. The van der Waals surface area contributed by atoms with Crippen LogP contribution in [0.25, 0.3) is 0 Å². The monoisotopic (exact) mass is 251 g/mol. The van der Waals surface area contributed by atoms with Gasteiger partial charge in [-0.3, -0.25) is 0 Å². The first-order chi connectivity index (χ1) is 8.03. The van der Waals surface area contributed by atoms with Gasteiger partial charge in [-0.2, -0.15) is 0 Å². The predicted octanol–water partition coefficient (Wildman–Crippen LogP) is 4.13. The highest BCUT2D eigenvalue weighted by Crippen LogP contribution is 2.14. The Morgan fingerprint density at radius 2 is 1.94 bits per heavy atom. The molecule has 0 aliphatic carbocycles. The highest BCUT2D eigenvalue weighted by Gasteiger charge is 2.16. The van der Waals surface area contributed by atoms with Crippen molar-refractivity contribution >= 4 is 11.6 Å². The summed E-state index contributed by atoms with van der Waals surface area (Å²) in [5.74, 6) is 0. The van der Waals surface area contributed by atoms with Crippen LogP contribution in [0.3, 0.4) is 0 Å². The smallest absolute Gasteiger partial charge is 0.0178 e. The summed E-state index contributed by atoms with van der Waals surface area (Å²) in [6.07, 6.45) is 2.22. The molecule has 0 bridgehead atoms. The molecule has 1 N–H and O–H groups in total. The molecule has 0 amide bonds. The lowest BCUT2D eigenvalue weighted by molar-refractivity contribution is 0.376. The standard InChI is InChI=1S/C15H22ClN/c1-13(11-16)12-17-15(2,3)10-9-14-7-5-4-6-8-14/h4-8,11,17H,9-10,12H2,1-3H3/b13-11-. The zero-order chi connectivity index (χ0) is 12.7. The molecule has 1 aromatic carbocycles. The summed E-state index contributed by atoms with van der Waals surface area (Å²) in [5.41, 5.74) is 4.34. The van der Waals surface area contributed by atoms with Gasteiger partial charge in [0.25, 0.3) is 0 Å². The Hall–Kier alpha value is -0.790. The lowest BCUT2D eigenvalue weighted by Crippen LogP contribution is -2.40. The first kappa shape index (κ1) is 14.3. The molecule has 0 fully saturated rings. The number of hydrogen-bond donors (Lipinski definition) is 1. The van der Waals surface area contributed by atoms with Crippen molar-refractivity contribution in [2.24, 2.45) is 0 Å². The molecule has 94 valence electrons. The molecule has 0 heterocycles. The summed E-state index contributed by atoms with van der Waals surface area (Å²) < 4.78 is 0. The fourth-order valence-corrected chi connectivity index (χ4v) is 1.68. The normalized spacial score (nSPS) is 12.8. The van der Waals surface area contributed by atoms with Gasteiger partial charge in [-0.25, -0.2) is 0 Å². The van der Waals surface area contributed by atoms with E-state index in [1.54, 1.807) is 5.54 Å². The second kappa shape index (κ2) is 6.83. The minimum absolute atomic E-state index is 0.136. The lowest BCUT2D eigenvalue weighted by atomic mass is 9.95. The maximum absolute atomic E-state index is 5.65. The van der Waals surface area contributed by atoms with Gasteiger partial charge in [0.05, 0.1) is 0 Å². The van der Waals surface area contributed by atoms with Crippen molar-refractivity contribution in [1.29, 1.82) is 0 Å². The first-order valence-electron chi connectivity index (χ1n) is 6.08. The van der Waals surface area contributed by atoms with Crippen LogP contribution in [-0.4, -0.2) is 12.1 Å². The van der Waals surface area contributed by atoms with Crippen LogP contribution >= 0.6 is 11.6 Å². The number of benzene rings is 1. The maximum Gasteiger partial charge on any atom is 0.0178 e. The van der Waals surface area contributed by atoms with Gasteiger partial charge < -0.3 is 5.32 Å². The van der Waals surface area contributed by atoms with Gasteiger partial charge in [0.2, 0.25) is 0 Å². The minimum Gasteiger partial charge on any atom is -0.308 e. The molecule has 0 radical (unpaired) electrons. The Balaban J connectivity index is 2.39. The first-order valence-corrected chi connectivity index (χ1v) is 6.52. The maximum atomic E-state index is 5.65. The van der Waals surface area contributed by atoms with E-state index in [0.717, 1.165) is 19.4 Å². The summed E-state index contributed by atoms with van der Waals surface area (Å²) in [5, 5.41) is 3.53. The van der Waals surface area contributed by atoms with Gasteiger partial charge in [-0.1, -0.05) is 41.9 Å². The van der Waals surface area contributed by atoms with Gasteiger partial charge in [-0.05, 0) is 44.7 Å². The average molecular weight is 252 g/mol.